The molecule has 0 atom stereocenters. The van der Waals surface area contributed by atoms with E-state index in [1.807, 2.05) is 0 Å². The summed E-state index contributed by atoms with van der Waals surface area (Å²) in [5.74, 6) is 0. The third kappa shape index (κ3) is 6.11. The van der Waals surface area contributed by atoms with E-state index in [1.54, 1.807) is 17.1 Å². The summed E-state index contributed by atoms with van der Waals surface area (Å²) in [4.78, 5) is 0. The number of halogens is 2. The number of hydrogen-bond donors (Lipinski definition) is 0. The van der Waals surface area contributed by atoms with Crippen molar-refractivity contribution in [2.24, 2.45) is 0 Å². The van der Waals surface area contributed by atoms with Crippen LogP contribution in [0.25, 0.3) is 11.1 Å². The maximum atomic E-state index is 2.49. The predicted molar refractivity (Wildman–Crippen MR) is 170 cm³/mol. The Morgan fingerprint density at radius 1 is 0.667 bits per heavy atom. The van der Waals surface area contributed by atoms with Gasteiger partial charge in [-0.3, -0.25) is 0 Å². The van der Waals surface area contributed by atoms with Crippen molar-refractivity contribution in [1.29, 1.82) is 0 Å². The predicted octanol–water partition coefficient (Wildman–Crippen LogP) is 3.22. The molecule has 214 valence electrons. The first kappa shape index (κ1) is 32.4. The van der Waals surface area contributed by atoms with Gasteiger partial charge in [-0.25, -0.2) is 0 Å². The Kier molecular flexibility index (Phi) is 9.76. The van der Waals surface area contributed by atoms with Crippen LogP contribution in [0.2, 0.25) is 0 Å². The van der Waals surface area contributed by atoms with Crippen LogP contribution < -0.4 is 28.7 Å². The second kappa shape index (κ2) is 12.6. The minimum Gasteiger partial charge on any atom is -1.00 e. The van der Waals surface area contributed by atoms with E-state index in [2.05, 4.69) is 151 Å². The molecule has 0 spiro atoms. The topological polar surface area (TPSA) is 0 Å². The van der Waals surface area contributed by atoms with Crippen LogP contribution in [-0.4, -0.2) is 3.81 Å². The van der Waals surface area contributed by atoms with Crippen molar-refractivity contribution in [3.05, 3.63) is 146 Å². The zero-order valence-electron chi connectivity index (χ0n) is 25.6. The minimum atomic E-state index is -2.26. The van der Waals surface area contributed by atoms with Gasteiger partial charge in [-0.05, 0) is 0 Å². The SMILES string of the molecule is CC(C)(C)c1ccc2c(c1)Cc1c-2ccc(C(C)(C)C)[c]1[Ti+2]([C]1=CC=CC1)=[C](c1ccccc1)c1ccccc1.[Cl-].[Cl-]. The molecule has 0 saturated heterocycles. The van der Waals surface area contributed by atoms with E-state index in [9.17, 15) is 0 Å². The summed E-state index contributed by atoms with van der Waals surface area (Å²) in [6.07, 6.45) is 9.20. The third-order valence-corrected chi connectivity index (χ3v) is 13.4. The number of hydrogen-bond acceptors (Lipinski definition) is 0. The molecule has 0 nitrogen and oxygen atoms in total. The first-order valence-electron chi connectivity index (χ1n) is 14.6. The molecule has 0 unspecified atom stereocenters. The quantitative estimate of drug-likeness (QED) is 0.269. The fourth-order valence-electron chi connectivity index (χ4n) is 6.40. The molecule has 3 heteroatoms. The average molecular weight is 628 g/mol. The summed E-state index contributed by atoms with van der Waals surface area (Å²) in [6, 6.07) is 34.6. The molecule has 4 aromatic rings. The van der Waals surface area contributed by atoms with Crippen LogP contribution in [0, 0.1) is 0 Å². The van der Waals surface area contributed by atoms with Crippen molar-refractivity contribution in [3.8, 4) is 11.1 Å². The van der Waals surface area contributed by atoms with Gasteiger partial charge >= 0.3 is 248 Å². The molecule has 0 saturated carbocycles. The molecule has 4 aromatic carbocycles. The summed E-state index contributed by atoms with van der Waals surface area (Å²) in [6.45, 7) is 14.2. The molecular weight excluding hydrogens is 587 g/mol. The first-order valence-corrected chi connectivity index (χ1v) is 17.0. The molecule has 0 aliphatic heterocycles. The Morgan fingerprint density at radius 3 is 1.79 bits per heavy atom. The van der Waals surface area contributed by atoms with Crippen LogP contribution in [0.5, 0.6) is 0 Å². The molecule has 0 aromatic heterocycles. The van der Waals surface area contributed by atoms with Gasteiger partial charge in [-0.1, -0.05) is 0 Å². The second-order valence-corrected chi connectivity index (χ2v) is 17.1. The zero-order chi connectivity index (χ0) is 28.1. The average Bonchev–Trinajstić information content (AvgIpc) is 3.59. The van der Waals surface area contributed by atoms with Gasteiger partial charge < -0.3 is 24.8 Å². The van der Waals surface area contributed by atoms with Crippen molar-refractivity contribution in [1.82, 2.24) is 0 Å². The van der Waals surface area contributed by atoms with Crippen LogP contribution in [0.1, 0.15) is 81.3 Å². The fraction of sp³-hybridized carbons (Fsp3) is 0.256. The largest absolute Gasteiger partial charge is 1.00 e. The van der Waals surface area contributed by atoms with Gasteiger partial charge in [-0.15, -0.1) is 0 Å². The van der Waals surface area contributed by atoms with E-state index in [-0.39, 0.29) is 35.6 Å². The van der Waals surface area contributed by atoms with Gasteiger partial charge in [0.25, 0.3) is 0 Å². The van der Waals surface area contributed by atoms with Gasteiger partial charge in [0.15, 0.2) is 0 Å². The summed E-state index contributed by atoms with van der Waals surface area (Å²) in [5.41, 5.74) is 11.9. The van der Waals surface area contributed by atoms with Gasteiger partial charge in [0.05, 0.1) is 0 Å². The molecule has 0 heterocycles. The molecule has 2 aliphatic carbocycles. The molecule has 0 N–H and O–H groups in total. The van der Waals surface area contributed by atoms with Crippen molar-refractivity contribution in [2.75, 3.05) is 0 Å². The molecule has 42 heavy (non-hydrogen) atoms. The van der Waals surface area contributed by atoms with Crippen molar-refractivity contribution >= 4 is 7.68 Å². The van der Waals surface area contributed by atoms with Crippen LogP contribution in [0.15, 0.2) is 113 Å². The van der Waals surface area contributed by atoms with Crippen LogP contribution in [-0.2, 0) is 34.7 Å². The smallest absolute Gasteiger partial charge is 1.00 e. The molecule has 0 radical (unpaired) electrons. The molecule has 2 aliphatic rings. The Hall–Kier alpha value is -2.48. The Labute approximate surface area is 271 Å². The van der Waals surface area contributed by atoms with Gasteiger partial charge in [0, 0.05) is 0 Å². The Morgan fingerprint density at radius 2 is 1.26 bits per heavy atom. The molecule has 0 bridgehead atoms. The summed E-state index contributed by atoms with van der Waals surface area (Å²) in [7, 11) is 0. The van der Waals surface area contributed by atoms with Crippen molar-refractivity contribution in [2.45, 2.75) is 65.2 Å². The molecule has 0 amide bonds. The monoisotopic (exact) mass is 626 g/mol. The number of fused-ring (bicyclic) bond motifs is 3. The number of benzene rings is 4. The Balaban J connectivity index is 0.00000202. The van der Waals surface area contributed by atoms with E-state index in [4.69, 9.17) is 0 Å². The van der Waals surface area contributed by atoms with Gasteiger partial charge in [0.1, 0.15) is 0 Å². The van der Waals surface area contributed by atoms with Gasteiger partial charge in [-0.2, -0.15) is 0 Å². The zero-order valence-corrected chi connectivity index (χ0v) is 28.6. The van der Waals surface area contributed by atoms with Crippen molar-refractivity contribution < 1.29 is 42.2 Å². The van der Waals surface area contributed by atoms with E-state index in [0.29, 0.717) is 0 Å². The summed E-state index contributed by atoms with van der Waals surface area (Å²) < 4.78 is 4.89. The maximum absolute atomic E-state index is 2.49. The summed E-state index contributed by atoms with van der Waals surface area (Å²) >= 11 is -2.26. The maximum Gasteiger partial charge on any atom is -1.00 e. The van der Waals surface area contributed by atoms with E-state index >= 15 is 0 Å². The van der Waals surface area contributed by atoms with Crippen molar-refractivity contribution in [3.63, 3.8) is 0 Å². The second-order valence-electron chi connectivity index (χ2n) is 13.4. The number of rotatable bonds is 4. The third-order valence-electron chi connectivity index (χ3n) is 8.47. The standard InChI is InChI=1S/C21H25.C13H10.C5H5.2ClH.Ti/c1-20(2,3)16-7-9-18-14(12-16)11-15-13-17(21(4,5)6)8-10-19(15)18;1-3-7-12(8-4-1)11-13-9-5-2-6-10-13;1-2-4-5-3-1;;;/h7-10,12H,11H2,1-6H3;1-10H;1-3H,4H2;2*1H;/q;;;;;+2/p-2. The van der Waals surface area contributed by atoms with E-state index in [0.717, 1.165) is 12.8 Å². The molecule has 6 rings (SSSR count). The molecular formula is C39H40Cl2Ti. The summed E-state index contributed by atoms with van der Waals surface area (Å²) in [5, 5.41) is 0. The fourth-order valence-corrected chi connectivity index (χ4v) is 12.1. The number of allylic oxidation sites excluding steroid dienone is 4. The van der Waals surface area contributed by atoms with Gasteiger partial charge in [0.2, 0.25) is 0 Å². The minimum absolute atomic E-state index is 0. The van der Waals surface area contributed by atoms with Crippen LogP contribution >= 0.6 is 0 Å². The Bertz CT molecular complexity index is 1640. The first-order chi connectivity index (χ1) is 19.1. The van der Waals surface area contributed by atoms with Crippen LogP contribution in [0.3, 0.4) is 0 Å². The normalized spacial score (nSPS) is 13.2. The van der Waals surface area contributed by atoms with E-state index in [1.165, 1.54) is 38.9 Å². The van der Waals surface area contributed by atoms with E-state index < -0.39 is 17.4 Å². The van der Waals surface area contributed by atoms with Crippen LogP contribution in [0.4, 0.5) is 0 Å². The molecule has 0 fully saturated rings.